The second-order valence-electron chi connectivity index (χ2n) is 2.88. The molecular formula is C9H7BrClN3O2. The van der Waals surface area contributed by atoms with E-state index < -0.39 is 5.97 Å². The van der Waals surface area contributed by atoms with Crippen molar-refractivity contribution in [2.45, 2.75) is 6.92 Å². The molecule has 0 radical (unpaired) electrons. The van der Waals surface area contributed by atoms with E-state index in [1.54, 1.807) is 23.7 Å². The van der Waals surface area contributed by atoms with Gasteiger partial charge in [0.05, 0.1) is 6.61 Å². The second-order valence-corrected chi connectivity index (χ2v) is 3.99. The van der Waals surface area contributed by atoms with E-state index in [1.165, 1.54) is 0 Å². The zero-order chi connectivity index (χ0) is 11.7. The van der Waals surface area contributed by atoms with Crippen molar-refractivity contribution in [1.82, 2.24) is 14.4 Å². The van der Waals surface area contributed by atoms with Crippen LogP contribution in [0.3, 0.4) is 0 Å². The lowest BCUT2D eigenvalue weighted by Crippen LogP contribution is -2.05. The summed E-state index contributed by atoms with van der Waals surface area (Å²) in [7, 11) is 0. The monoisotopic (exact) mass is 303 g/mol. The molecule has 2 heterocycles. The predicted molar refractivity (Wildman–Crippen MR) is 61.7 cm³/mol. The lowest BCUT2D eigenvalue weighted by Gasteiger charge is -1.97. The fraction of sp³-hybridized carbons (Fsp3) is 0.222. The van der Waals surface area contributed by atoms with Crippen LogP contribution in [0.1, 0.15) is 17.4 Å². The standard InChI is InChI=1S/C9H7BrClN3O2/c1-2-16-9(15)5-7(11)14-4-3-12-6(10)8(14)13-5/h3-4H,2H2,1H3. The summed E-state index contributed by atoms with van der Waals surface area (Å²) < 4.78 is 6.92. The first-order valence-electron chi connectivity index (χ1n) is 4.50. The Labute approximate surface area is 105 Å². The Morgan fingerprint density at radius 1 is 1.69 bits per heavy atom. The Morgan fingerprint density at radius 3 is 3.06 bits per heavy atom. The van der Waals surface area contributed by atoms with Crippen LogP contribution in [0.5, 0.6) is 0 Å². The van der Waals surface area contributed by atoms with Crippen molar-refractivity contribution in [2.24, 2.45) is 0 Å². The molecule has 5 nitrogen and oxygen atoms in total. The van der Waals surface area contributed by atoms with Crippen molar-refractivity contribution in [3.05, 3.63) is 27.8 Å². The minimum Gasteiger partial charge on any atom is -0.461 e. The van der Waals surface area contributed by atoms with Gasteiger partial charge in [-0.15, -0.1) is 0 Å². The van der Waals surface area contributed by atoms with Gasteiger partial charge in [0.2, 0.25) is 0 Å². The highest BCUT2D eigenvalue weighted by Gasteiger charge is 2.19. The van der Waals surface area contributed by atoms with Gasteiger partial charge >= 0.3 is 5.97 Å². The number of rotatable bonds is 2. The molecule has 2 aromatic rings. The van der Waals surface area contributed by atoms with Crippen molar-refractivity contribution in [2.75, 3.05) is 6.61 Å². The zero-order valence-corrected chi connectivity index (χ0v) is 10.6. The average Bonchev–Trinajstić information content (AvgIpc) is 2.59. The highest BCUT2D eigenvalue weighted by Crippen LogP contribution is 2.22. The third-order valence-corrected chi connectivity index (χ3v) is 2.83. The quantitative estimate of drug-likeness (QED) is 0.799. The summed E-state index contributed by atoms with van der Waals surface area (Å²) in [5, 5.41) is 0.219. The van der Waals surface area contributed by atoms with E-state index in [4.69, 9.17) is 16.3 Å². The van der Waals surface area contributed by atoms with Crippen LogP contribution in [0.25, 0.3) is 5.65 Å². The Bertz CT molecular complexity index is 555. The van der Waals surface area contributed by atoms with Crippen LogP contribution >= 0.6 is 27.5 Å². The molecule has 0 saturated heterocycles. The van der Waals surface area contributed by atoms with Gasteiger partial charge in [-0.05, 0) is 22.9 Å². The highest BCUT2D eigenvalue weighted by atomic mass is 79.9. The van der Waals surface area contributed by atoms with E-state index in [0.717, 1.165) is 0 Å². The molecule has 0 bridgehead atoms. The van der Waals surface area contributed by atoms with Crippen molar-refractivity contribution >= 4 is 39.1 Å². The summed E-state index contributed by atoms with van der Waals surface area (Å²) in [6.07, 6.45) is 3.18. The fourth-order valence-corrected chi connectivity index (χ4v) is 1.90. The summed E-state index contributed by atoms with van der Waals surface area (Å²) in [5.41, 5.74) is 0.577. The Hall–Kier alpha value is -1.14. The molecule has 7 heteroatoms. The first-order valence-corrected chi connectivity index (χ1v) is 5.67. The number of hydrogen-bond donors (Lipinski definition) is 0. The SMILES string of the molecule is CCOC(=O)c1nc2c(Br)nccn2c1Cl. The topological polar surface area (TPSA) is 56.5 Å². The van der Waals surface area contributed by atoms with E-state index in [-0.39, 0.29) is 17.5 Å². The largest absolute Gasteiger partial charge is 0.461 e. The molecular weight excluding hydrogens is 297 g/mol. The molecule has 2 rings (SSSR count). The van der Waals surface area contributed by atoms with Crippen LogP contribution < -0.4 is 0 Å². The zero-order valence-electron chi connectivity index (χ0n) is 8.28. The van der Waals surface area contributed by atoms with Gasteiger partial charge < -0.3 is 4.74 Å². The maximum absolute atomic E-state index is 11.5. The van der Waals surface area contributed by atoms with Gasteiger partial charge in [0.25, 0.3) is 0 Å². The van der Waals surface area contributed by atoms with Gasteiger partial charge in [-0.3, -0.25) is 4.40 Å². The number of imidazole rings is 1. The summed E-state index contributed by atoms with van der Waals surface area (Å²) in [6, 6.07) is 0. The maximum atomic E-state index is 11.5. The Balaban J connectivity index is 2.60. The van der Waals surface area contributed by atoms with Crippen LogP contribution in [0.15, 0.2) is 17.0 Å². The molecule has 0 aliphatic heterocycles. The normalized spacial score (nSPS) is 10.7. The van der Waals surface area contributed by atoms with Crippen molar-refractivity contribution in [3.63, 3.8) is 0 Å². The molecule has 0 amide bonds. The Morgan fingerprint density at radius 2 is 2.44 bits per heavy atom. The molecule has 0 aromatic carbocycles. The molecule has 0 aliphatic carbocycles. The van der Waals surface area contributed by atoms with Gasteiger partial charge in [-0.25, -0.2) is 14.8 Å². The molecule has 0 unspecified atom stereocenters. The van der Waals surface area contributed by atoms with Crippen molar-refractivity contribution in [1.29, 1.82) is 0 Å². The first kappa shape index (κ1) is 11.3. The fourth-order valence-electron chi connectivity index (χ4n) is 1.25. The number of halogens is 2. The van der Waals surface area contributed by atoms with E-state index in [0.29, 0.717) is 10.3 Å². The lowest BCUT2D eigenvalue weighted by molar-refractivity contribution is 0.0520. The third-order valence-electron chi connectivity index (χ3n) is 1.91. The van der Waals surface area contributed by atoms with E-state index in [1.807, 2.05) is 0 Å². The number of carbonyl (C=O) groups is 1. The highest BCUT2D eigenvalue weighted by molar-refractivity contribution is 9.10. The van der Waals surface area contributed by atoms with Gasteiger partial charge in [0.1, 0.15) is 9.76 Å². The van der Waals surface area contributed by atoms with Crippen LogP contribution in [-0.2, 0) is 4.74 Å². The van der Waals surface area contributed by atoms with Crippen LogP contribution in [0.2, 0.25) is 5.15 Å². The summed E-state index contributed by atoms with van der Waals surface area (Å²) >= 11 is 9.24. The summed E-state index contributed by atoms with van der Waals surface area (Å²) in [4.78, 5) is 19.6. The minimum absolute atomic E-state index is 0.0946. The smallest absolute Gasteiger partial charge is 0.360 e. The summed E-state index contributed by atoms with van der Waals surface area (Å²) in [6.45, 7) is 2.00. The minimum atomic E-state index is -0.539. The van der Waals surface area contributed by atoms with Crippen LogP contribution in [-0.4, -0.2) is 26.9 Å². The van der Waals surface area contributed by atoms with Gasteiger partial charge in [0.15, 0.2) is 11.3 Å². The first-order chi connectivity index (χ1) is 7.65. The van der Waals surface area contributed by atoms with E-state index in [2.05, 4.69) is 25.9 Å². The van der Waals surface area contributed by atoms with Gasteiger partial charge in [-0.2, -0.15) is 0 Å². The van der Waals surface area contributed by atoms with Crippen molar-refractivity contribution in [3.8, 4) is 0 Å². The molecule has 0 spiro atoms. The molecule has 0 atom stereocenters. The molecule has 0 fully saturated rings. The molecule has 2 aromatic heterocycles. The van der Waals surface area contributed by atoms with Gasteiger partial charge in [0, 0.05) is 12.4 Å². The number of esters is 1. The Kier molecular flexibility index (Phi) is 3.11. The predicted octanol–water partition coefficient (Wildman–Crippen LogP) is 2.32. The van der Waals surface area contributed by atoms with Crippen LogP contribution in [0, 0.1) is 0 Å². The number of nitrogens with zero attached hydrogens (tertiary/aromatic N) is 3. The van der Waals surface area contributed by atoms with E-state index in [9.17, 15) is 4.79 Å². The van der Waals surface area contributed by atoms with Crippen LogP contribution in [0.4, 0.5) is 0 Å². The third kappa shape index (κ3) is 1.78. The van der Waals surface area contributed by atoms with Crippen molar-refractivity contribution < 1.29 is 9.53 Å². The van der Waals surface area contributed by atoms with Gasteiger partial charge in [-0.1, -0.05) is 11.6 Å². The molecule has 0 N–H and O–H groups in total. The summed E-state index contributed by atoms with van der Waals surface area (Å²) in [5.74, 6) is -0.539. The average molecular weight is 305 g/mol. The maximum Gasteiger partial charge on any atom is 0.360 e. The van der Waals surface area contributed by atoms with E-state index >= 15 is 0 Å². The number of fused-ring (bicyclic) bond motifs is 1. The second kappa shape index (κ2) is 4.39. The number of hydrogen-bond acceptors (Lipinski definition) is 4. The molecule has 84 valence electrons. The number of ether oxygens (including phenoxy) is 1. The number of carbonyl (C=O) groups excluding carboxylic acids is 1. The molecule has 0 aliphatic rings. The number of aromatic nitrogens is 3. The molecule has 16 heavy (non-hydrogen) atoms. The lowest BCUT2D eigenvalue weighted by atomic mass is 10.5. The molecule has 0 saturated carbocycles.